The molecule has 0 aliphatic carbocycles. The van der Waals surface area contributed by atoms with Gasteiger partial charge in [0, 0.05) is 5.38 Å². The summed E-state index contributed by atoms with van der Waals surface area (Å²) in [7, 11) is 0. The van der Waals surface area contributed by atoms with E-state index in [1.807, 2.05) is 35.9 Å². The highest BCUT2D eigenvalue weighted by molar-refractivity contribution is 7.98. The molecule has 1 amide bonds. The number of benzene rings is 1. The van der Waals surface area contributed by atoms with E-state index in [9.17, 15) is 4.79 Å². The molecule has 0 bridgehead atoms. The van der Waals surface area contributed by atoms with Crippen molar-refractivity contribution in [2.45, 2.75) is 25.2 Å². The lowest BCUT2D eigenvalue weighted by Crippen LogP contribution is -2.25. The van der Waals surface area contributed by atoms with Gasteiger partial charge in [-0.05, 0) is 18.7 Å². The fraction of sp³-hybridized carbons (Fsp3) is 0.250. The van der Waals surface area contributed by atoms with Crippen molar-refractivity contribution in [3.63, 3.8) is 0 Å². The van der Waals surface area contributed by atoms with Gasteiger partial charge in [0.15, 0.2) is 11.0 Å². The van der Waals surface area contributed by atoms with Crippen LogP contribution in [0.4, 0.5) is 0 Å². The zero-order valence-electron chi connectivity index (χ0n) is 13.4. The number of rotatable bonds is 6. The number of amides is 1. The molecule has 0 atom stereocenters. The number of hydrogen-bond donors (Lipinski definition) is 1. The van der Waals surface area contributed by atoms with Gasteiger partial charge in [-0.15, -0.1) is 21.5 Å². The van der Waals surface area contributed by atoms with Gasteiger partial charge >= 0.3 is 0 Å². The Hall–Kier alpha value is -2.19. The normalized spacial score (nSPS) is 10.8. The summed E-state index contributed by atoms with van der Waals surface area (Å²) < 4.78 is 2.02. The summed E-state index contributed by atoms with van der Waals surface area (Å²) in [6, 6.07) is 10.1. The summed E-state index contributed by atoms with van der Waals surface area (Å²) in [6.07, 6.45) is 1.96. The minimum Gasteiger partial charge on any atom is -0.343 e. The molecule has 0 fully saturated rings. The van der Waals surface area contributed by atoms with Crippen LogP contribution in [0.3, 0.4) is 0 Å². The number of carbonyl (C=O) groups excluding carboxylic acids is 1. The lowest BCUT2D eigenvalue weighted by Gasteiger charge is -2.10. The minimum atomic E-state index is -0.195. The van der Waals surface area contributed by atoms with E-state index in [0.29, 0.717) is 18.8 Å². The Morgan fingerprint density at radius 2 is 2.08 bits per heavy atom. The van der Waals surface area contributed by atoms with E-state index in [4.69, 9.17) is 0 Å². The van der Waals surface area contributed by atoms with Gasteiger partial charge in [-0.3, -0.25) is 4.79 Å². The summed E-state index contributed by atoms with van der Waals surface area (Å²) in [5.74, 6) is 0.530. The number of thiazole rings is 1. The number of thioether (sulfide) groups is 1. The molecule has 124 valence electrons. The van der Waals surface area contributed by atoms with Crippen LogP contribution in [0.15, 0.2) is 40.9 Å². The lowest BCUT2D eigenvalue weighted by molar-refractivity contribution is 0.0945. The van der Waals surface area contributed by atoms with Crippen molar-refractivity contribution in [2.24, 2.45) is 0 Å². The molecule has 3 rings (SSSR count). The predicted octanol–water partition coefficient (Wildman–Crippen LogP) is 2.74. The summed E-state index contributed by atoms with van der Waals surface area (Å²) in [5.41, 5.74) is 1.60. The first-order chi connectivity index (χ1) is 11.7. The second-order valence-corrected chi connectivity index (χ2v) is 6.94. The van der Waals surface area contributed by atoms with Gasteiger partial charge in [-0.1, -0.05) is 42.1 Å². The second-order valence-electron chi connectivity index (χ2n) is 5.11. The highest BCUT2D eigenvalue weighted by Crippen LogP contribution is 2.16. The molecule has 0 spiro atoms. The molecule has 0 aliphatic heterocycles. The molecule has 2 aromatic heterocycles. The first-order valence-corrected chi connectivity index (χ1v) is 9.48. The van der Waals surface area contributed by atoms with Crippen LogP contribution in [-0.4, -0.2) is 31.9 Å². The molecule has 0 saturated heterocycles. The molecule has 24 heavy (non-hydrogen) atoms. The summed E-state index contributed by atoms with van der Waals surface area (Å²) in [5, 5.41) is 14.7. The minimum absolute atomic E-state index is 0.195. The highest BCUT2D eigenvalue weighted by atomic mass is 32.2. The number of hydrogen-bond acceptors (Lipinski definition) is 6. The van der Waals surface area contributed by atoms with E-state index in [-0.39, 0.29) is 5.91 Å². The van der Waals surface area contributed by atoms with Gasteiger partial charge in [0.05, 0.1) is 18.1 Å². The maximum absolute atomic E-state index is 12.1. The molecule has 0 aliphatic rings. The van der Waals surface area contributed by atoms with Crippen molar-refractivity contribution in [1.82, 2.24) is 25.1 Å². The van der Waals surface area contributed by atoms with Gasteiger partial charge in [-0.25, -0.2) is 4.98 Å². The Labute approximate surface area is 148 Å². The molecule has 2 heterocycles. The average molecular weight is 359 g/mol. The third-order valence-corrected chi connectivity index (χ3v) is 4.86. The lowest BCUT2D eigenvalue weighted by atomic mass is 10.2. The van der Waals surface area contributed by atoms with Crippen LogP contribution in [0.1, 0.15) is 26.9 Å². The third kappa shape index (κ3) is 3.82. The molecular formula is C16H17N5OS2. The van der Waals surface area contributed by atoms with Crippen LogP contribution in [0.2, 0.25) is 0 Å². The van der Waals surface area contributed by atoms with Crippen molar-refractivity contribution in [3.05, 3.63) is 57.8 Å². The van der Waals surface area contributed by atoms with E-state index < -0.39 is 0 Å². The SMILES string of the molecule is CSc1nnc(CNC(=O)c2csc(C)n2)n1Cc1ccccc1. The van der Waals surface area contributed by atoms with E-state index >= 15 is 0 Å². The van der Waals surface area contributed by atoms with E-state index in [1.165, 1.54) is 23.1 Å². The van der Waals surface area contributed by atoms with Gasteiger partial charge in [0.1, 0.15) is 5.69 Å². The van der Waals surface area contributed by atoms with E-state index in [2.05, 4.69) is 32.6 Å². The van der Waals surface area contributed by atoms with Crippen molar-refractivity contribution >= 4 is 29.0 Å². The molecule has 0 radical (unpaired) electrons. The van der Waals surface area contributed by atoms with Crippen LogP contribution >= 0.6 is 23.1 Å². The fourth-order valence-corrected chi connectivity index (χ4v) is 3.35. The van der Waals surface area contributed by atoms with Crippen molar-refractivity contribution in [1.29, 1.82) is 0 Å². The topological polar surface area (TPSA) is 72.7 Å². The van der Waals surface area contributed by atoms with Crippen LogP contribution < -0.4 is 5.32 Å². The first kappa shape index (κ1) is 16.7. The van der Waals surface area contributed by atoms with Crippen LogP contribution in [-0.2, 0) is 13.1 Å². The van der Waals surface area contributed by atoms with Gasteiger partial charge in [-0.2, -0.15) is 0 Å². The van der Waals surface area contributed by atoms with Crippen molar-refractivity contribution in [3.8, 4) is 0 Å². The molecule has 6 nitrogen and oxygen atoms in total. The molecule has 0 saturated carbocycles. The van der Waals surface area contributed by atoms with Crippen LogP contribution in [0.5, 0.6) is 0 Å². The molecule has 0 unspecified atom stereocenters. The molecule has 3 aromatic rings. The molecule has 1 N–H and O–H groups in total. The zero-order chi connectivity index (χ0) is 16.9. The van der Waals surface area contributed by atoms with E-state index in [1.54, 1.807) is 5.38 Å². The van der Waals surface area contributed by atoms with Crippen molar-refractivity contribution in [2.75, 3.05) is 6.26 Å². The van der Waals surface area contributed by atoms with Crippen molar-refractivity contribution < 1.29 is 4.79 Å². The Balaban J connectivity index is 1.73. The Bertz CT molecular complexity index is 828. The largest absolute Gasteiger partial charge is 0.343 e. The van der Waals surface area contributed by atoms with Gasteiger partial charge in [0.25, 0.3) is 5.91 Å². The summed E-state index contributed by atoms with van der Waals surface area (Å²) in [6.45, 7) is 2.86. The zero-order valence-corrected chi connectivity index (χ0v) is 15.0. The Morgan fingerprint density at radius 3 is 2.75 bits per heavy atom. The highest BCUT2D eigenvalue weighted by Gasteiger charge is 2.14. The monoisotopic (exact) mass is 359 g/mol. The summed E-state index contributed by atoms with van der Waals surface area (Å²) in [4.78, 5) is 16.3. The molecule has 1 aromatic carbocycles. The third-order valence-electron chi connectivity index (χ3n) is 3.42. The Kier molecular flexibility index (Phi) is 5.27. The standard InChI is InChI=1S/C16H17N5OS2/c1-11-18-13(10-24-11)15(22)17-8-14-19-20-16(23-2)21(14)9-12-6-4-3-5-7-12/h3-7,10H,8-9H2,1-2H3,(H,17,22). The quantitative estimate of drug-likeness (QED) is 0.685. The van der Waals surface area contributed by atoms with Gasteiger partial charge < -0.3 is 9.88 Å². The second kappa shape index (κ2) is 7.59. The maximum atomic E-state index is 12.1. The van der Waals surface area contributed by atoms with Crippen LogP contribution in [0.25, 0.3) is 0 Å². The van der Waals surface area contributed by atoms with Gasteiger partial charge in [0.2, 0.25) is 0 Å². The van der Waals surface area contributed by atoms with Crippen LogP contribution in [0, 0.1) is 6.92 Å². The summed E-state index contributed by atoms with van der Waals surface area (Å²) >= 11 is 2.99. The van der Waals surface area contributed by atoms with E-state index in [0.717, 1.165) is 21.6 Å². The number of nitrogens with one attached hydrogen (secondary N) is 1. The predicted molar refractivity (Wildman–Crippen MR) is 95.4 cm³/mol. The number of carbonyl (C=O) groups is 1. The Morgan fingerprint density at radius 1 is 1.29 bits per heavy atom. The first-order valence-electron chi connectivity index (χ1n) is 7.37. The number of aryl methyl sites for hydroxylation is 1. The maximum Gasteiger partial charge on any atom is 0.271 e. The fourth-order valence-electron chi connectivity index (χ4n) is 2.24. The number of nitrogens with zero attached hydrogens (tertiary/aromatic N) is 4. The molecular weight excluding hydrogens is 342 g/mol. The smallest absolute Gasteiger partial charge is 0.271 e. The average Bonchev–Trinajstić information content (AvgIpc) is 3.20. The molecule has 8 heteroatoms. The number of aromatic nitrogens is 4.